The molecule has 1 aliphatic heterocycles. The van der Waals surface area contributed by atoms with Gasteiger partial charge in [0, 0.05) is 49.2 Å². The molecule has 1 aliphatic rings. The number of para-hydroxylation sites is 1. The highest BCUT2D eigenvalue weighted by Crippen LogP contribution is 2.19. The van der Waals surface area contributed by atoms with E-state index in [1.807, 2.05) is 30.3 Å². The molecule has 0 spiro atoms. The lowest BCUT2D eigenvalue weighted by Crippen LogP contribution is -2.41. The summed E-state index contributed by atoms with van der Waals surface area (Å²) in [7, 11) is 1.89. The van der Waals surface area contributed by atoms with Crippen molar-refractivity contribution >= 4 is 16.8 Å². The quantitative estimate of drug-likeness (QED) is 0.789. The van der Waals surface area contributed by atoms with Crippen LogP contribution in [-0.2, 0) is 11.2 Å². The Hall–Kier alpha value is -1.85. The monoisotopic (exact) mass is 300 g/mol. The Bertz CT molecular complexity index is 651. The van der Waals surface area contributed by atoms with Gasteiger partial charge in [0.1, 0.15) is 0 Å². The van der Waals surface area contributed by atoms with E-state index < -0.39 is 0 Å². The second kappa shape index (κ2) is 6.50. The molecule has 3 rings (SSSR count). The van der Waals surface area contributed by atoms with Crippen LogP contribution < -0.4 is 10.9 Å². The van der Waals surface area contributed by atoms with E-state index in [4.69, 9.17) is 0 Å². The average molecular weight is 300 g/mol. The summed E-state index contributed by atoms with van der Waals surface area (Å²) in [6.07, 6.45) is 4.40. The minimum absolute atomic E-state index is 0.201. The normalized spacial score (nSPS) is 21.4. The molecule has 2 heterocycles. The number of carbonyl (C=O) groups excluding carboxylic acids is 1. The number of aryl methyl sites for hydroxylation is 1. The summed E-state index contributed by atoms with van der Waals surface area (Å²) in [6.45, 7) is 2.90. The van der Waals surface area contributed by atoms with Crippen molar-refractivity contribution in [1.29, 1.82) is 0 Å². The van der Waals surface area contributed by atoms with Crippen molar-refractivity contribution < 1.29 is 4.79 Å². The summed E-state index contributed by atoms with van der Waals surface area (Å²) >= 11 is 0. The number of hydrogen-bond acceptors (Lipinski definition) is 3. The zero-order valence-electron chi connectivity index (χ0n) is 13.2. The molecule has 0 saturated carbocycles. The van der Waals surface area contributed by atoms with Gasteiger partial charge in [0.25, 0.3) is 0 Å². The lowest BCUT2D eigenvalue weighted by atomic mass is 10.1. The number of rotatable bonds is 5. The van der Waals surface area contributed by atoms with Crippen LogP contribution in [0, 0.1) is 0 Å². The fourth-order valence-corrected chi connectivity index (χ4v) is 3.13. The van der Waals surface area contributed by atoms with Crippen molar-refractivity contribution in [2.24, 2.45) is 0 Å². The van der Waals surface area contributed by atoms with Crippen LogP contribution in [0.1, 0.15) is 25.3 Å². The number of hydrogen-bond donors (Lipinski definition) is 3. The van der Waals surface area contributed by atoms with E-state index >= 15 is 0 Å². The summed E-state index contributed by atoms with van der Waals surface area (Å²) in [5, 5.41) is 1.22. The summed E-state index contributed by atoms with van der Waals surface area (Å²) in [6, 6.07) is 9.03. The van der Waals surface area contributed by atoms with E-state index in [-0.39, 0.29) is 5.91 Å². The van der Waals surface area contributed by atoms with Crippen molar-refractivity contribution in [3.8, 4) is 0 Å². The van der Waals surface area contributed by atoms with Crippen LogP contribution in [0.4, 0.5) is 0 Å². The number of likely N-dealkylation sites (N-methyl/N-ethyl adjacent to an activating group) is 1. The van der Waals surface area contributed by atoms with Gasteiger partial charge in [-0.1, -0.05) is 18.2 Å². The Balaban J connectivity index is 1.53. The molecule has 2 unspecified atom stereocenters. The first-order valence-corrected chi connectivity index (χ1v) is 7.93. The van der Waals surface area contributed by atoms with Crippen molar-refractivity contribution in [2.45, 2.75) is 38.3 Å². The molecule has 1 saturated heterocycles. The lowest BCUT2D eigenvalue weighted by molar-refractivity contribution is -0.130. The van der Waals surface area contributed by atoms with Gasteiger partial charge in [0.05, 0.1) is 0 Å². The van der Waals surface area contributed by atoms with Crippen LogP contribution in [0.25, 0.3) is 10.9 Å². The van der Waals surface area contributed by atoms with Gasteiger partial charge >= 0.3 is 0 Å². The third-order valence-electron chi connectivity index (χ3n) is 4.38. The number of nitrogens with one attached hydrogen (secondary N) is 3. The first-order valence-electron chi connectivity index (χ1n) is 7.93. The van der Waals surface area contributed by atoms with E-state index in [1.165, 1.54) is 10.9 Å². The van der Waals surface area contributed by atoms with Gasteiger partial charge < -0.3 is 9.88 Å². The van der Waals surface area contributed by atoms with Crippen molar-refractivity contribution in [1.82, 2.24) is 20.7 Å². The van der Waals surface area contributed by atoms with Crippen LogP contribution in [-0.4, -0.2) is 41.5 Å². The molecule has 3 N–H and O–H groups in total. The fourth-order valence-electron chi connectivity index (χ4n) is 3.13. The summed E-state index contributed by atoms with van der Waals surface area (Å²) < 4.78 is 0. The van der Waals surface area contributed by atoms with Gasteiger partial charge in [-0.25, -0.2) is 0 Å². The largest absolute Gasteiger partial charge is 0.361 e. The summed E-state index contributed by atoms with van der Waals surface area (Å²) in [5.41, 5.74) is 8.78. The molecule has 1 amide bonds. The molecular weight excluding hydrogens is 276 g/mol. The number of aromatic amines is 1. The van der Waals surface area contributed by atoms with Gasteiger partial charge in [-0.05, 0) is 31.4 Å². The standard InChI is InChI=1S/C17H24N4O/c1-12-9-14(20-19-12)11-21(2)17(22)8-7-13-10-18-16-6-4-3-5-15(13)16/h3-6,10,12,14,18-20H,7-9,11H2,1-2H3. The van der Waals surface area contributed by atoms with Gasteiger partial charge in [-0.3, -0.25) is 15.6 Å². The number of benzene rings is 1. The highest BCUT2D eigenvalue weighted by Gasteiger charge is 2.22. The highest BCUT2D eigenvalue weighted by atomic mass is 16.2. The van der Waals surface area contributed by atoms with Crippen LogP contribution in [0.2, 0.25) is 0 Å². The van der Waals surface area contributed by atoms with Gasteiger partial charge in [0.2, 0.25) is 5.91 Å². The number of nitrogens with zero attached hydrogens (tertiary/aromatic N) is 1. The third kappa shape index (κ3) is 3.31. The van der Waals surface area contributed by atoms with Crippen molar-refractivity contribution in [3.05, 3.63) is 36.0 Å². The van der Waals surface area contributed by atoms with E-state index in [2.05, 4.69) is 34.9 Å². The van der Waals surface area contributed by atoms with Crippen LogP contribution >= 0.6 is 0 Å². The number of aromatic nitrogens is 1. The number of H-pyrrole nitrogens is 1. The van der Waals surface area contributed by atoms with Crippen molar-refractivity contribution in [3.63, 3.8) is 0 Å². The molecule has 5 nitrogen and oxygen atoms in total. The zero-order chi connectivity index (χ0) is 15.5. The predicted octanol–water partition coefficient (Wildman–Crippen LogP) is 1.81. The number of hydrazine groups is 1. The topological polar surface area (TPSA) is 60.2 Å². The van der Waals surface area contributed by atoms with Gasteiger partial charge in [-0.2, -0.15) is 0 Å². The molecule has 22 heavy (non-hydrogen) atoms. The Kier molecular flexibility index (Phi) is 4.45. The Morgan fingerprint density at radius 2 is 2.14 bits per heavy atom. The Morgan fingerprint density at radius 1 is 1.32 bits per heavy atom. The first kappa shape index (κ1) is 15.1. The SMILES string of the molecule is CC1CC(CN(C)C(=O)CCc2c[nH]c3ccccc23)NN1. The second-order valence-electron chi connectivity index (χ2n) is 6.26. The molecule has 0 aliphatic carbocycles. The molecule has 5 heteroatoms. The Morgan fingerprint density at radius 3 is 2.91 bits per heavy atom. The maximum Gasteiger partial charge on any atom is 0.222 e. The number of carbonyl (C=O) groups is 1. The van der Waals surface area contributed by atoms with E-state index in [0.717, 1.165) is 24.9 Å². The third-order valence-corrected chi connectivity index (χ3v) is 4.38. The molecule has 2 aromatic rings. The van der Waals surface area contributed by atoms with E-state index in [9.17, 15) is 4.79 Å². The smallest absolute Gasteiger partial charge is 0.222 e. The average Bonchev–Trinajstić information content (AvgIpc) is 3.11. The molecule has 1 aromatic carbocycles. The first-order chi connectivity index (χ1) is 10.6. The molecule has 1 aromatic heterocycles. The minimum Gasteiger partial charge on any atom is -0.361 e. The molecule has 0 radical (unpaired) electrons. The molecule has 118 valence electrons. The van der Waals surface area contributed by atoms with E-state index in [0.29, 0.717) is 18.5 Å². The minimum atomic E-state index is 0.201. The molecule has 0 bridgehead atoms. The number of amides is 1. The Labute approximate surface area is 131 Å². The van der Waals surface area contributed by atoms with Gasteiger partial charge in [0.15, 0.2) is 0 Å². The predicted molar refractivity (Wildman–Crippen MR) is 88.4 cm³/mol. The molecule has 1 fully saturated rings. The maximum atomic E-state index is 12.3. The lowest BCUT2D eigenvalue weighted by Gasteiger charge is -2.21. The van der Waals surface area contributed by atoms with E-state index in [1.54, 1.807) is 0 Å². The van der Waals surface area contributed by atoms with Crippen LogP contribution in [0.15, 0.2) is 30.5 Å². The zero-order valence-corrected chi connectivity index (χ0v) is 13.2. The van der Waals surface area contributed by atoms with Gasteiger partial charge in [-0.15, -0.1) is 0 Å². The second-order valence-corrected chi connectivity index (χ2v) is 6.26. The maximum absolute atomic E-state index is 12.3. The molecule has 2 atom stereocenters. The fraction of sp³-hybridized carbons (Fsp3) is 0.471. The summed E-state index contributed by atoms with van der Waals surface area (Å²) in [5.74, 6) is 0.201. The van der Waals surface area contributed by atoms with Crippen LogP contribution in [0.3, 0.4) is 0 Å². The summed E-state index contributed by atoms with van der Waals surface area (Å²) in [4.78, 5) is 17.4. The van der Waals surface area contributed by atoms with Crippen LogP contribution in [0.5, 0.6) is 0 Å². The van der Waals surface area contributed by atoms with Crippen molar-refractivity contribution in [2.75, 3.05) is 13.6 Å². The highest BCUT2D eigenvalue weighted by molar-refractivity contribution is 5.84. The molecular formula is C17H24N4O. The number of fused-ring (bicyclic) bond motifs is 1.